The highest BCUT2D eigenvalue weighted by Crippen LogP contribution is 2.16. The molecule has 2 N–H and O–H groups in total. The molecule has 0 bridgehead atoms. The molecule has 5 heteroatoms. The number of hydrogen-bond donors (Lipinski definition) is 2. The van der Waals surface area contributed by atoms with E-state index >= 15 is 0 Å². The summed E-state index contributed by atoms with van der Waals surface area (Å²) in [5, 5.41) is 8.94. The number of carboxylic acid groups (broad SMARTS) is 1. The van der Waals surface area contributed by atoms with Gasteiger partial charge in [-0.05, 0) is 19.5 Å². The molecular weight excluding hydrogens is 242 g/mol. The smallest absolute Gasteiger partial charge is 0.320 e. The van der Waals surface area contributed by atoms with Gasteiger partial charge in [0.2, 0.25) is 0 Å². The van der Waals surface area contributed by atoms with Crippen LogP contribution in [0.2, 0.25) is 0 Å². The van der Waals surface area contributed by atoms with Crippen LogP contribution in [0.4, 0.5) is 0 Å². The average molecular weight is 259 g/mol. The van der Waals surface area contributed by atoms with Crippen molar-refractivity contribution in [2.45, 2.75) is 19.5 Å². The number of rotatable bonds is 5. The topological polar surface area (TPSA) is 69.2 Å². The van der Waals surface area contributed by atoms with Gasteiger partial charge in [-0.1, -0.05) is 30.3 Å². The normalized spacial score (nSPS) is 12.6. The Morgan fingerprint density at radius 1 is 1.42 bits per heavy atom. The van der Waals surface area contributed by atoms with E-state index in [9.17, 15) is 4.79 Å². The maximum atomic E-state index is 10.9. The van der Waals surface area contributed by atoms with Gasteiger partial charge < -0.3 is 10.1 Å². The number of carbonyl (C=O) groups is 1. The van der Waals surface area contributed by atoms with E-state index in [1.165, 1.54) is 0 Å². The summed E-state index contributed by atoms with van der Waals surface area (Å²) in [4.78, 5) is 20.1. The Bertz CT molecular complexity index is 551. The highest BCUT2D eigenvalue weighted by atomic mass is 16.4. The van der Waals surface area contributed by atoms with E-state index in [1.807, 2.05) is 30.3 Å². The maximum absolute atomic E-state index is 10.9. The molecule has 0 saturated heterocycles. The van der Waals surface area contributed by atoms with Crippen LogP contribution in [-0.4, -0.2) is 39.0 Å². The highest BCUT2D eigenvalue weighted by molar-refractivity contribution is 5.72. The predicted molar refractivity (Wildman–Crippen MR) is 72.6 cm³/mol. The summed E-state index contributed by atoms with van der Waals surface area (Å²) in [6.45, 7) is 2.13. The molecule has 2 aromatic rings. The molecule has 0 amide bonds. The molecule has 0 spiro atoms. The van der Waals surface area contributed by atoms with Gasteiger partial charge in [0.15, 0.2) is 0 Å². The first-order chi connectivity index (χ1) is 9.08. The number of aliphatic carboxylic acids is 1. The van der Waals surface area contributed by atoms with Crippen molar-refractivity contribution >= 4 is 5.97 Å². The number of nitrogens with one attached hydrogen (secondary N) is 1. The number of aromatic amines is 1. The molecule has 1 unspecified atom stereocenters. The zero-order valence-corrected chi connectivity index (χ0v) is 11.0. The van der Waals surface area contributed by atoms with E-state index < -0.39 is 12.0 Å². The number of hydrogen-bond acceptors (Lipinski definition) is 3. The Morgan fingerprint density at radius 3 is 2.74 bits per heavy atom. The molecular formula is C14H17N3O2. The van der Waals surface area contributed by atoms with Crippen molar-refractivity contribution in [1.82, 2.24) is 14.9 Å². The van der Waals surface area contributed by atoms with E-state index in [1.54, 1.807) is 25.1 Å². The molecule has 1 heterocycles. The Labute approximate surface area is 111 Å². The lowest BCUT2D eigenvalue weighted by atomic mass is 10.2. The third kappa shape index (κ3) is 3.20. The SMILES string of the molecule is CC(C(=O)O)N(C)Cc1ncc(-c2ccccc2)[nH]1. The molecule has 19 heavy (non-hydrogen) atoms. The van der Waals surface area contributed by atoms with Gasteiger partial charge in [-0.2, -0.15) is 0 Å². The number of H-pyrrole nitrogens is 1. The van der Waals surface area contributed by atoms with Gasteiger partial charge in [0.05, 0.1) is 18.4 Å². The van der Waals surface area contributed by atoms with Crippen LogP contribution in [0.25, 0.3) is 11.3 Å². The summed E-state index contributed by atoms with van der Waals surface area (Å²) < 4.78 is 0. The van der Waals surface area contributed by atoms with Crippen molar-refractivity contribution in [3.63, 3.8) is 0 Å². The minimum absolute atomic E-state index is 0.473. The number of benzene rings is 1. The minimum atomic E-state index is -0.836. The summed E-state index contributed by atoms with van der Waals surface area (Å²) >= 11 is 0. The molecule has 0 radical (unpaired) electrons. The quantitative estimate of drug-likeness (QED) is 0.861. The van der Waals surface area contributed by atoms with Crippen LogP contribution in [0.3, 0.4) is 0 Å². The lowest BCUT2D eigenvalue weighted by molar-refractivity contribution is -0.142. The van der Waals surface area contributed by atoms with Crippen LogP contribution in [0, 0.1) is 0 Å². The lowest BCUT2D eigenvalue weighted by Crippen LogP contribution is -2.35. The third-order valence-corrected chi connectivity index (χ3v) is 3.13. The summed E-state index contributed by atoms with van der Waals surface area (Å²) in [6, 6.07) is 9.36. The number of nitrogens with zero attached hydrogens (tertiary/aromatic N) is 2. The Balaban J connectivity index is 2.08. The second-order valence-electron chi connectivity index (χ2n) is 4.54. The van der Waals surface area contributed by atoms with Gasteiger partial charge in [0.1, 0.15) is 11.9 Å². The predicted octanol–water partition coefficient (Wildman–Crippen LogP) is 1.98. The van der Waals surface area contributed by atoms with Crippen molar-refractivity contribution in [1.29, 1.82) is 0 Å². The summed E-state index contributed by atoms with van der Waals surface area (Å²) in [6.07, 6.45) is 1.77. The maximum Gasteiger partial charge on any atom is 0.320 e. The van der Waals surface area contributed by atoms with Gasteiger partial charge in [0, 0.05) is 0 Å². The van der Waals surface area contributed by atoms with Crippen molar-refractivity contribution in [2.75, 3.05) is 7.05 Å². The zero-order valence-electron chi connectivity index (χ0n) is 11.0. The molecule has 2 rings (SSSR count). The van der Waals surface area contributed by atoms with Crippen molar-refractivity contribution < 1.29 is 9.90 Å². The second kappa shape index (κ2) is 5.67. The van der Waals surface area contributed by atoms with E-state index in [2.05, 4.69) is 9.97 Å². The standard InChI is InChI=1S/C14H17N3O2/c1-10(14(18)19)17(2)9-13-15-8-12(16-13)11-6-4-3-5-7-11/h3-8,10H,9H2,1-2H3,(H,15,16)(H,18,19). The van der Waals surface area contributed by atoms with Crippen molar-refractivity contribution in [3.05, 3.63) is 42.4 Å². The average Bonchev–Trinajstić information content (AvgIpc) is 2.87. The fourth-order valence-corrected chi connectivity index (χ4v) is 1.77. The van der Waals surface area contributed by atoms with Crippen molar-refractivity contribution in [2.24, 2.45) is 0 Å². The molecule has 100 valence electrons. The van der Waals surface area contributed by atoms with Crippen LogP contribution < -0.4 is 0 Å². The van der Waals surface area contributed by atoms with Gasteiger partial charge in [-0.15, -0.1) is 0 Å². The summed E-state index contributed by atoms with van der Waals surface area (Å²) in [7, 11) is 1.77. The molecule has 1 aromatic heterocycles. The fourth-order valence-electron chi connectivity index (χ4n) is 1.77. The number of carboxylic acids is 1. The fraction of sp³-hybridized carbons (Fsp3) is 0.286. The first kappa shape index (κ1) is 13.3. The Morgan fingerprint density at radius 2 is 2.11 bits per heavy atom. The largest absolute Gasteiger partial charge is 0.480 e. The van der Waals surface area contributed by atoms with Crippen LogP contribution >= 0.6 is 0 Å². The first-order valence-electron chi connectivity index (χ1n) is 6.10. The first-order valence-corrected chi connectivity index (χ1v) is 6.10. The van der Waals surface area contributed by atoms with Crippen LogP contribution in [0.15, 0.2) is 36.5 Å². The summed E-state index contributed by atoms with van der Waals surface area (Å²) in [5.41, 5.74) is 2.00. The third-order valence-electron chi connectivity index (χ3n) is 3.13. The van der Waals surface area contributed by atoms with E-state index in [0.717, 1.165) is 17.1 Å². The van der Waals surface area contributed by atoms with Crippen molar-refractivity contribution in [3.8, 4) is 11.3 Å². The van der Waals surface area contributed by atoms with Gasteiger partial charge in [-0.3, -0.25) is 9.69 Å². The summed E-state index contributed by atoms with van der Waals surface area (Å²) in [5.74, 6) is -0.0770. The monoisotopic (exact) mass is 259 g/mol. The van der Waals surface area contributed by atoms with E-state index in [-0.39, 0.29) is 0 Å². The molecule has 1 aromatic carbocycles. The molecule has 0 fully saturated rings. The lowest BCUT2D eigenvalue weighted by Gasteiger charge is -2.19. The Hall–Kier alpha value is -2.14. The number of likely N-dealkylation sites (N-methyl/N-ethyl adjacent to an activating group) is 1. The molecule has 5 nitrogen and oxygen atoms in total. The molecule has 0 saturated carbocycles. The number of imidazole rings is 1. The van der Waals surface area contributed by atoms with Gasteiger partial charge in [0.25, 0.3) is 0 Å². The van der Waals surface area contributed by atoms with Crippen LogP contribution in [0.1, 0.15) is 12.7 Å². The molecule has 1 atom stereocenters. The molecule has 0 aliphatic heterocycles. The van der Waals surface area contributed by atoms with Crippen LogP contribution in [-0.2, 0) is 11.3 Å². The number of aromatic nitrogens is 2. The minimum Gasteiger partial charge on any atom is -0.480 e. The molecule has 0 aliphatic carbocycles. The highest BCUT2D eigenvalue weighted by Gasteiger charge is 2.17. The van der Waals surface area contributed by atoms with Crippen LogP contribution in [0.5, 0.6) is 0 Å². The van der Waals surface area contributed by atoms with E-state index in [4.69, 9.17) is 5.11 Å². The molecule has 0 aliphatic rings. The van der Waals surface area contributed by atoms with Gasteiger partial charge in [-0.25, -0.2) is 4.98 Å². The van der Waals surface area contributed by atoms with E-state index in [0.29, 0.717) is 6.54 Å². The Kier molecular flexibility index (Phi) is 3.97. The zero-order chi connectivity index (χ0) is 13.8. The van der Waals surface area contributed by atoms with Gasteiger partial charge >= 0.3 is 5.97 Å². The second-order valence-corrected chi connectivity index (χ2v) is 4.54.